The van der Waals surface area contributed by atoms with Crippen LogP contribution in [0.3, 0.4) is 0 Å². The predicted molar refractivity (Wildman–Crippen MR) is 63.2 cm³/mol. The van der Waals surface area contributed by atoms with Crippen molar-refractivity contribution in [3.8, 4) is 0 Å². The van der Waals surface area contributed by atoms with Gasteiger partial charge < -0.3 is 5.32 Å². The van der Waals surface area contributed by atoms with Crippen molar-refractivity contribution in [3.63, 3.8) is 0 Å². The summed E-state index contributed by atoms with van der Waals surface area (Å²) < 4.78 is 0. The van der Waals surface area contributed by atoms with E-state index in [1.807, 2.05) is 23.9 Å². The Kier molecular flexibility index (Phi) is 3.54. The average molecular weight is 229 g/mol. The summed E-state index contributed by atoms with van der Waals surface area (Å²) in [6.45, 7) is 0. The number of hydrogen-bond acceptors (Lipinski definition) is 3. The maximum absolute atomic E-state index is 5.96. The lowest BCUT2D eigenvalue weighted by Crippen LogP contribution is -2.24. The Morgan fingerprint density at radius 2 is 2.21 bits per heavy atom. The molecule has 4 heteroatoms. The van der Waals surface area contributed by atoms with Gasteiger partial charge in [0.25, 0.3) is 0 Å². The molecule has 2 heterocycles. The first kappa shape index (κ1) is 10.1. The minimum atomic E-state index is 0.568. The second-order valence-corrected chi connectivity index (χ2v) is 4.96. The zero-order valence-electron chi connectivity index (χ0n) is 7.87. The van der Waals surface area contributed by atoms with E-state index in [9.17, 15) is 0 Å². The Morgan fingerprint density at radius 3 is 2.93 bits per heavy atom. The second kappa shape index (κ2) is 4.89. The fourth-order valence-electron chi connectivity index (χ4n) is 1.56. The summed E-state index contributed by atoms with van der Waals surface area (Å²) in [5.41, 5.74) is 0.964. The Bertz CT molecular complexity index is 300. The van der Waals surface area contributed by atoms with Gasteiger partial charge in [-0.3, -0.25) is 0 Å². The van der Waals surface area contributed by atoms with Crippen molar-refractivity contribution < 1.29 is 0 Å². The average Bonchev–Trinajstić information content (AvgIpc) is 2.23. The van der Waals surface area contributed by atoms with Gasteiger partial charge in [-0.05, 0) is 36.5 Å². The van der Waals surface area contributed by atoms with Gasteiger partial charge in [0.1, 0.15) is 0 Å². The van der Waals surface area contributed by atoms with E-state index >= 15 is 0 Å². The zero-order chi connectivity index (χ0) is 9.80. The van der Waals surface area contributed by atoms with E-state index in [-0.39, 0.29) is 0 Å². The monoisotopic (exact) mass is 228 g/mol. The maximum Gasteiger partial charge on any atom is 0.152 e. The number of anilines is 1. The lowest BCUT2D eigenvalue weighted by molar-refractivity contribution is 0.666. The minimum absolute atomic E-state index is 0.568. The Balaban J connectivity index is 1.99. The van der Waals surface area contributed by atoms with Crippen molar-refractivity contribution in [2.75, 3.05) is 16.8 Å². The van der Waals surface area contributed by atoms with E-state index < -0.39 is 0 Å². The molecule has 1 aliphatic heterocycles. The predicted octanol–water partition coefficient (Wildman–Crippen LogP) is 3.04. The third-order valence-electron chi connectivity index (χ3n) is 2.34. The highest BCUT2D eigenvalue weighted by Gasteiger charge is 2.14. The summed E-state index contributed by atoms with van der Waals surface area (Å²) in [4.78, 5) is 4.04. The molecule has 1 saturated heterocycles. The molecule has 1 aromatic rings. The van der Waals surface area contributed by atoms with E-state index in [4.69, 9.17) is 11.6 Å². The summed E-state index contributed by atoms with van der Waals surface area (Å²) in [5.74, 6) is 2.49. The van der Waals surface area contributed by atoms with Crippen LogP contribution in [0.15, 0.2) is 18.3 Å². The molecule has 0 bridgehead atoms. The van der Waals surface area contributed by atoms with Crippen LogP contribution in [0.25, 0.3) is 0 Å². The van der Waals surface area contributed by atoms with Gasteiger partial charge in [-0.15, -0.1) is 0 Å². The van der Waals surface area contributed by atoms with Crippen molar-refractivity contribution in [1.82, 2.24) is 4.98 Å². The molecule has 14 heavy (non-hydrogen) atoms. The largest absolute Gasteiger partial charge is 0.380 e. The molecule has 0 spiro atoms. The second-order valence-electron chi connectivity index (χ2n) is 3.37. The number of nitrogens with zero attached hydrogens (tertiary/aromatic N) is 1. The third kappa shape index (κ3) is 2.55. The number of rotatable bonds is 2. The standard InChI is InChI=1S/C10H13ClN2S/c11-10-9(2-1-5-12-10)13-8-3-6-14-7-4-8/h1-2,5,8,13H,3-4,6-7H2. The van der Waals surface area contributed by atoms with Crippen LogP contribution >= 0.6 is 23.4 Å². The highest BCUT2D eigenvalue weighted by molar-refractivity contribution is 7.99. The summed E-state index contributed by atoms with van der Waals surface area (Å²) in [5, 5.41) is 4.02. The maximum atomic E-state index is 5.96. The van der Waals surface area contributed by atoms with E-state index in [1.165, 1.54) is 24.3 Å². The summed E-state index contributed by atoms with van der Waals surface area (Å²) in [6.07, 6.45) is 4.15. The zero-order valence-corrected chi connectivity index (χ0v) is 9.44. The van der Waals surface area contributed by atoms with Gasteiger partial charge >= 0.3 is 0 Å². The van der Waals surface area contributed by atoms with Crippen LogP contribution in [0, 0.1) is 0 Å². The molecule has 1 aliphatic rings. The fraction of sp³-hybridized carbons (Fsp3) is 0.500. The van der Waals surface area contributed by atoms with Crippen LogP contribution in [-0.4, -0.2) is 22.5 Å². The molecule has 0 unspecified atom stereocenters. The molecule has 0 aromatic carbocycles. The van der Waals surface area contributed by atoms with Gasteiger partial charge in [-0.25, -0.2) is 4.98 Å². The smallest absolute Gasteiger partial charge is 0.152 e. The number of nitrogens with one attached hydrogen (secondary N) is 1. The Hall–Kier alpha value is -0.410. The van der Waals surface area contributed by atoms with E-state index in [2.05, 4.69) is 10.3 Å². The topological polar surface area (TPSA) is 24.9 Å². The molecule has 76 valence electrons. The molecule has 0 amide bonds. The molecule has 2 rings (SSSR count). The number of pyridine rings is 1. The van der Waals surface area contributed by atoms with Gasteiger partial charge in [-0.2, -0.15) is 11.8 Å². The number of hydrogen-bond donors (Lipinski definition) is 1. The van der Waals surface area contributed by atoms with Crippen LogP contribution in [0.5, 0.6) is 0 Å². The Morgan fingerprint density at radius 1 is 1.43 bits per heavy atom. The number of thioether (sulfide) groups is 1. The van der Waals surface area contributed by atoms with Crippen molar-refractivity contribution >= 4 is 29.1 Å². The molecule has 0 radical (unpaired) electrons. The third-order valence-corrected chi connectivity index (χ3v) is 3.69. The molecular formula is C10H13ClN2S. The molecule has 2 nitrogen and oxygen atoms in total. The number of aromatic nitrogens is 1. The van der Waals surface area contributed by atoms with Crippen LogP contribution in [0.1, 0.15) is 12.8 Å². The Labute approximate surface area is 93.4 Å². The SMILES string of the molecule is Clc1ncccc1NC1CCSCC1. The quantitative estimate of drug-likeness (QED) is 0.788. The van der Waals surface area contributed by atoms with E-state index in [1.54, 1.807) is 6.20 Å². The first-order valence-electron chi connectivity index (χ1n) is 4.81. The van der Waals surface area contributed by atoms with Crippen molar-refractivity contribution in [1.29, 1.82) is 0 Å². The van der Waals surface area contributed by atoms with Crippen LogP contribution < -0.4 is 5.32 Å². The molecule has 1 aromatic heterocycles. The van der Waals surface area contributed by atoms with Crippen LogP contribution in [0.2, 0.25) is 5.15 Å². The van der Waals surface area contributed by atoms with Gasteiger partial charge in [-0.1, -0.05) is 11.6 Å². The van der Waals surface area contributed by atoms with Gasteiger partial charge in [0.05, 0.1) is 5.69 Å². The fourth-order valence-corrected chi connectivity index (χ4v) is 2.84. The van der Waals surface area contributed by atoms with Crippen molar-refractivity contribution in [3.05, 3.63) is 23.5 Å². The highest BCUT2D eigenvalue weighted by Crippen LogP contribution is 2.24. The summed E-state index contributed by atoms with van der Waals surface area (Å²) in [6, 6.07) is 4.46. The molecule has 0 atom stereocenters. The molecule has 1 fully saturated rings. The lowest BCUT2D eigenvalue weighted by Gasteiger charge is -2.23. The summed E-state index contributed by atoms with van der Waals surface area (Å²) >= 11 is 7.99. The minimum Gasteiger partial charge on any atom is -0.380 e. The first-order valence-corrected chi connectivity index (χ1v) is 6.34. The molecule has 0 aliphatic carbocycles. The van der Waals surface area contributed by atoms with Crippen molar-refractivity contribution in [2.45, 2.75) is 18.9 Å². The molecule has 0 saturated carbocycles. The van der Waals surface area contributed by atoms with Gasteiger partial charge in [0.2, 0.25) is 0 Å². The van der Waals surface area contributed by atoms with Gasteiger partial charge in [0, 0.05) is 12.2 Å². The van der Waals surface area contributed by atoms with Gasteiger partial charge in [0.15, 0.2) is 5.15 Å². The normalized spacial score (nSPS) is 18.1. The highest BCUT2D eigenvalue weighted by atomic mass is 35.5. The summed E-state index contributed by atoms with van der Waals surface area (Å²) in [7, 11) is 0. The van der Waals surface area contributed by atoms with Crippen LogP contribution in [0.4, 0.5) is 5.69 Å². The van der Waals surface area contributed by atoms with Crippen molar-refractivity contribution in [2.24, 2.45) is 0 Å². The first-order chi connectivity index (χ1) is 6.86. The molecular weight excluding hydrogens is 216 g/mol. The van der Waals surface area contributed by atoms with E-state index in [0.717, 1.165) is 5.69 Å². The van der Waals surface area contributed by atoms with E-state index in [0.29, 0.717) is 11.2 Å². The van der Waals surface area contributed by atoms with Crippen LogP contribution in [-0.2, 0) is 0 Å². The molecule has 1 N–H and O–H groups in total. The lowest BCUT2D eigenvalue weighted by atomic mass is 10.1. The number of halogens is 1.